The van der Waals surface area contributed by atoms with Crippen molar-refractivity contribution in [2.45, 2.75) is 44.3 Å². The maximum absolute atomic E-state index is 6.46. The predicted molar refractivity (Wildman–Crippen MR) is 100 cm³/mol. The highest BCUT2D eigenvalue weighted by Gasteiger charge is 2.27. The van der Waals surface area contributed by atoms with Crippen LogP contribution in [0.3, 0.4) is 0 Å². The lowest BCUT2D eigenvalue weighted by Gasteiger charge is -2.25. The lowest BCUT2D eigenvalue weighted by atomic mass is 10.0. The topological polar surface area (TPSA) is 44.5 Å². The molecule has 2 aliphatic heterocycles. The monoisotopic (exact) mass is 421 g/mol. The number of halogens is 1. The number of para-hydroxylation sites is 2. The minimum Gasteiger partial charge on any atom is -0.489 e. The summed E-state index contributed by atoms with van der Waals surface area (Å²) in [7, 11) is 0. The van der Waals surface area contributed by atoms with E-state index in [9.17, 15) is 0 Å². The number of nitrogen functional groups attached to an aromatic ring is 1. The molecule has 4 heteroatoms. The van der Waals surface area contributed by atoms with Crippen LogP contribution < -0.4 is 15.2 Å². The van der Waals surface area contributed by atoms with E-state index >= 15 is 0 Å². The van der Waals surface area contributed by atoms with E-state index < -0.39 is 0 Å². The number of anilines is 1. The number of ether oxygens (including phenoxy) is 2. The highest BCUT2D eigenvalue weighted by atomic mass is 127. The van der Waals surface area contributed by atoms with E-state index in [0.29, 0.717) is 0 Å². The van der Waals surface area contributed by atoms with Gasteiger partial charge in [-0.15, -0.1) is 0 Å². The molecule has 2 atom stereocenters. The van der Waals surface area contributed by atoms with Crippen LogP contribution >= 0.6 is 22.6 Å². The Balaban J connectivity index is 1.82. The molecular weight excluding hydrogens is 401 g/mol. The molecule has 0 aliphatic carbocycles. The van der Waals surface area contributed by atoms with Crippen LogP contribution in [0.1, 0.15) is 30.4 Å². The molecule has 0 amide bonds. The highest BCUT2D eigenvalue weighted by molar-refractivity contribution is 14.1. The molecule has 0 radical (unpaired) electrons. The summed E-state index contributed by atoms with van der Waals surface area (Å²) in [4.78, 5) is 0. The molecule has 2 aromatic rings. The largest absolute Gasteiger partial charge is 0.489 e. The Hall–Kier alpha value is -1.43. The van der Waals surface area contributed by atoms with Gasteiger partial charge in [-0.3, -0.25) is 0 Å². The molecule has 23 heavy (non-hydrogen) atoms. The van der Waals surface area contributed by atoms with Gasteiger partial charge in [-0.25, -0.2) is 0 Å². The summed E-state index contributed by atoms with van der Waals surface area (Å²) in [6.07, 6.45) is 5.25. The second-order valence-electron chi connectivity index (χ2n) is 6.38. The third-order valence-corrected chi connectivity index (χ3v) is 5.54. The van der Waals surface area contributed by atoms with Crippen LogP contribution in [-0.4, -0.2) is 12.2 Å². The van der Waals surface area contributed by atoms with Gasteiger partial charge in [0, 0.05) is 12.8 Å². The normalized spacial score (nSPS) is 23.0. The zero-order valence-corrected chi connectivity index (χ0v) is 15.1. The molecule has 0 saturated heterocycles. The van der Waals surface area contributed by atoms with Crippen molar-refractivity contribution in [2.75, 3.05) is 5.73 Å². The van der Waals surface area contributed by atoms with Crippen molar-refractivity contribution in [1.82, 2.24) is 0 Å². The molecular formula is C19H20INO2. The molecule has 0 fully saturated rings. The van der Waals surface area contributed by atoms with Crippen LogP contribution in [0.25, 0.3) is 0 Å². The smallest absolute Gasteiger partial charge is 0.145 e. The lowest BCUT2D eigenvalue weighted by Crippen LogP contribution is -2.23. The molecule has 3 nitrogen and oxygen atoms in total. The van der Waals surface area contributed by atoms with Crippen molar-refractivity contribution in [3.8, 4) is 11.5 Å². The second-order valence-corrected chi connectivity index (χ2v) is 7.54. The molecule has 0 saturated carbocycles. The van der Waals surface area contributed by atoms with E-state index in [2.05, 4.69) is 46.9 Å². The summed E-state index contributed by atoms with van der Waals surface area (Å²) in [6.45, 7) is 0. The Kier molecular flexibility index (Phi) is 4.09. The van der Waals surface area contributed by atoms with Crippen molar-refractivity contribution in [3.05, 3.63) is 51.1 Å². The standard InChI is InChI=1S/C19H20INO2/c20-16-8-1-4-12-10-15-7-3-6-14(22-18(12)16)11-13-5-2-9-17(21)19(13)23-15/h1-2,4-5,8-9,14-15H,3,6-7,10-11,21H2/t14-,15-/m1/s1. The molecule has 0 unspecified atom stereocenters. The third kappa shape index (κ3) is 3.01. The van der Waals surface area contributed by atoms with Gasteiger partial charge >= 0.3 is 0 Å². The van der Waals surface area contributed by atoms with Crippen LogP contribution in [0.5, 0.6) is 11.5 Å². The van der Waals surface area contributed by atoms with Crippen molar-refractivity contribution in [2.24, 2.45) is 0 Å². The third-order valence-electron chi connectivity index (χ3n) is 4.69. The van der Waals surface area contributed by atoms with Crippen LogP contribution in [-0.2, 0) is 12.8 Å². The van der Waals surface area contributed by atoms with E-state index in [-0.39, 0.29) is 12.2 Å². The molecule has 0 spiro atoms. The van der Waals surface area contributed by atoms with Crippen LogP contribution in [0.2, 0.25) is 0 Å². The molecule has 2 aromatic carbocycles. The highest BCUT2D eigenvalue weighted by Crippen LogP contribution is 2.37. The number of fused-ring (bicyclic) bond motifs is 6. The maximum Gasteiger partial charge on any atom is 0.145 e. The van der Waals surface area contributed by atoms with Gasteiger partial charge in [0.25, 0.3) is 0 Å². The average Bonchev–Trinajstić information content (AvgIpc) is 2.66. The van der Waals surface area contributed by atoms with Gasteiger partial charge in [-0.05, 0) is 65.1 Å². The SMILES string of the molecule is Nc1cccc2c1O[C@@H]1CCC[C@H](C2)Oc2c(I)cccc2C1. The van der Waals surface area contributed by atoms with Gasteiger partial charge in [-0.1, -0.05) is 24.3 Å². The van der Waals surface area contributed by atoms with E-state index in [4.69, 9.17) is 15.2 Å². The van der Waals surface area contributed by atoms with Crippen LogP contribution in [0.15, 0.2) is 36.4 Å². The summed E-state index contributed by atoms with van der Waals surface area (Å²) < 4.78 is 14.0. The Morgan fingerprint density at radius 3 is 2.22 bits per heavy atom. The Bertz CT molecular complexity index is 670. The zero-order valence-electron chi connectivity index (χ0n) is 12.9. The number of nitrogens with two attached hydrogens (primary N) is 1. The molecule has 2 bridgehead atoms. The molecule has 4 rings (SSSR count). The number of hydrogen-bond acceptors (Lipinski definition) is 3. The number of benzene rings is 2. The van der Waals surface area contributed by atoms with E-state index in [0.717, 1.165) is 54.9 Å². The number of rotatable bonds is 0. The number of hydrogen-bond donors (Lipinski definition) is 1. The molecule has 2 N–H and O–H groups in total. The molecule has 0 aromatic heterocycles. The quantitative estimate of drug-likeness (QED) is 0.508. The summed E-state index contributed by atoms with van der Waals surface area (Å²) in [5.74, 6) is 1.91. The van der Waals surface area contributed by atoms with Gasteiger partial charge < -0.3 is 15.2 Å². The summed E-state index contributed by atoms with van der Waals surface area (Å²) in [5.41, 5.74) is 9.32. The predicted octanol–water partition coefficient (Wildman–Crippen LogP) is 4.35. The first-order chi connectivity index (χ1) is 11.2. The van der Waals surface area contributed by atoms with Gasteiger partial charge in [-0.2, -0.15) is 0 Å². The fourth-order valence-electron chi connectivity index (χ4n) is 3.56. The zero-order chi connectivity index (χ0) is 15.8. The Morgan fingerprint density at radius 2 is 1.48 bits per heavy atom. The van der Waals surface area contributed by atoms with E-state index in [1.165, 1.54) is 9.13 Å². The second kappa shape index (κ2) is 6.23. The minimum absolute atomic E-state index is 0.149. The minimum atomic E-state index is 0.149. The van der Waals surface area contributed by atoms with Crippen molar-refractivity contribution < 1.29 is 9.47 Å². The Labute approximate surface area is 150 Å². The first kappa shape index (κ1) is 15.1. The van der Waals surface area contributed by atoms with Gasteiger partial charge in [0.05, 0.1) is 9.26 Å². The van der Waals surface area contributed by atoms with Crippen molar-refractivity contribution >= 4 is 28.3 Å². The van der Waals surface area contributed by atoms with Crippen molar-refractivity contribution in [3.63, 3.8) is 0 Å². The summed E-state index contributed by atoms with van der Waals surface area (Å²) in [6, 6.07) is 12.4. The van der Waals surface area contributed by atoms with Gasteiger partial charge in [0.2, 0.25) is 0 Å². The fraction of sp³-hybridized carbons (Fsp3) is 0.368. The lowest BCUT2D eigenvalue weighted by molar-refractivity contribution is 0.187. The fourth-order valence-corrected chi connectivity index (χ4v) is 4.24. The van der Waals surface area contributed by atoms with Gasteiger partial charge in [0.15, 0.2) is 0 Å². The first-order valence-electron chi connectivity index (χ1n) is 8.19. The van der Waals surface area contributed by atoms with Crippen molar-refractivity contribution in [1.29, 1.82) is 0 Å². The Morgan fingerprint density at radius 1 is 0.870 bits per heavy atom. The molecule has 2 aliphatic rings. The molecule has 2 heterocycles. The maximum atomic E-state index is 6.46. The van der Waals surface area contributed by atoms with Crippen LogP contribution in [0, 0.1) is 3.57 Å². The van der Waals surface area contributed by atoms with E-state index in [1.54, 1.807) is 0 Å². The summed E-state index contributed by atoms with van der Waals surface area (Å²) in [5, 5.41) is 0. The van der Waals surface area contributed by atoms with Gasteiger partial charge in [0.1, 0.15) is 23.7 Å². The summed E-state index contributed by atoms with van der Waals surface area (Å²) >= 11 is 2.37. The van der Waals surface area contributed by atoms with Crippen LogP contribution in [0.4, 0.5) is 5.69 Å². The van der Waals surface area contributed by atoms with E-state index in [1.807, 2.05) is 12.1 Å². The average molecular weight is 421 g/mol. The molecule has 120 valence electrons. The first-order valence-corrected chi connectivity index (χ1v) is 9.26.